The van der Waals surface area contributed by atoms with E-state index in [1.54, 1.807) is 22.9 Å². The summed E-state index contributed by atoms with van der Waals surface area (Å²) in [5, 5.41) is 9.46. The lowest BCUT2D eigenvalue weighted by molar-refractivity contribution is -0.139. The van der Waals surface area contributed by atoms with Gasteiger partial charge in [0.05, 0.1) is 24.3 Å². The Kier molecular flexibility index (Phi) is 10.3. The van der Waals surface area contributed by atoms with Gasteiger partial charge in [0, 0.05) is 22.0 Å². The molecule has 12 heteroatoms. The van der Waals surface area contributed by atoms with E-state index in [0.29, 0.717) is 56.8 Å². The molecule has 0 amide bonds. The zero-order valence-corrected chi connectivity index (χ0v) is 26.7. The average Bonchev–Trinajstić information content (AvgIpc) is 3.42. The zero-order valence-electron chi connectivity index (χ0n) is 24.4. The molecule has 0 aliphatic carbocycles. The molecular weight excluding hydrogens is 626 g/mol. The molecular formula is C32H31Cl2FN4O4S. The Bertz CT molecular complexity index is 1680. The van der Waals surface area contributed by atoms with Gasteiger partial charge in [-0.05, 0) is 54.8 Å². The van der Waals surface area contributed by atoms with Crippen LogP contribution in [0.25, 0.3) is 0 Å². The third-order valence-corrected chi connectivity index (χ3v) is 8.65. The normalized spacial score (nSPS) is 14.2. The van der Waals surface area contributed by atoms with Crippen molar-refractivity contribution >= 4 is 46.9 Å². The lowest BCUT2D eigenvalue weighted by atomic mass is 9.95. The van der Waals surface area contributed by atoms with Gasteiger partial charge < -0.3 is 19.5 Å². The minimum absolute atomic E-state index is 0.0954. The molecule has 0 fully saturated rings. The smallest absolute Gasteiger partial charge is 0.338 e. The second-order valence-electron chi connectivity index (χ2n) is 10.00. The van der Waals surface area contributed by atoms with Crippen LogP contribution in [0, 0.1) is 5.82 Å². The van der Waals surface area contributed by atoms with E-state index in [4.69, 9.17) is 47.5 Å². The maximum absolute atomic E-state index is 14.3. The van der Waals surface area contributed by atoms with Gasteiger partial charge in [0.25, 0.3) is 0 Å². The van der Waals surface area contributed by atoms with Crippen molar-refractivity contribution in [1.29, 1.82) is 0 Å². The number of thioether (sulfide) groups is 1. The Balaban J connectivity index is 1.48. The van der Waals surface area contributed by atoms with Gasteiger partial charge in [-0.3, -0.25) is 0 Å². The number of unbranched alkanes of at least 4 members (excludes halogenated alkanes) is 1. The van der Waals surface area contributed by atoms with E-state index in [-0.39, 0.29) is 17.2 Å². The highest BCUT2D eigenvalue weighted by molar-refractivity contribution is 7.98. The van der Waals surface area contributed by atoms with Crippen molar-refractivity contribution in [3.8, 4) is 11.5 Å². The first-order valence-electron chi connectivity index (χ1n) is 14.0. The summed E-state index contributed by atoms with van der Waals surface area (Å²) >= 11 is 14.0. The molecule has 1 aliphatic rings. The molecule has 1 unspecified atom stereocenters. The molecule has 230 valence electrons. The maximum atomic E-state index is 14.3. The first-order valence-corrected chi connectivity index (χ1v) is 15.8. The van der Waals surface area contributed by atoms with Crippen LogP contribution in [0.5, 0.6) is 11.5 Å². The molecule has 0 saturated heterocycles. The van der Waals surface area contributed by atoms with Gasteiger partial charge in [-0.25, -0.2) is 13.9 Å². The number of esters is 1. The predicted molar refractivity (Wildman–Crippen MR) is 170 cm³/mol. The minimum atomic E-state index is -0.675. The molecule has 8 nitrogen and oxygen atoms in total. The van der Waals surface area contributed by atoms with Crippen LogP contribution in [0.1, 0.15) is 49.4 Å². The molecule has 1 N–H and O–H groups in total. The number of carbonyl (C=O) groups excluding carboxylic acids is 1. The van der Waals surface area contributed by atoms with Crippen LogP contribution >= 0.6 is 35.0 Å². The number of hydrogen-bond acceptors (Lipinski definition) is 8. The molecule has 0 saturated carbocycles. The van der Waals surface area contributed by atoms with Crippen LogP contribution in [0.3, 0.4) is 0 Å². The quantitative estimate of drug-likeness (QED) is 0.0927. The Labute approximate surface area is 269 Å². The summed E-state index contributed by atoms with van der Waals surface area (Å²) in [6.45, 7) is 4.05. The number of fused-ring (bicyclic) bond motifs is 1. The second-order valence-corrected chi connectivity index (χ2v) is 11.8. The molecule has 0 radical (unpaired) electrons. The number of rotatable bonds is 12. The van der Waals surface area contributed by atoms with E-state index in [1.807, 2.05) is 44.2 Å². The Morgan fingerprint density at radius 2 is 1.89 bits per heavy atom. The van der Waals surface area contributed by atoms with Crippen LogP contribution in [0.15, 0.2) is 77.1 Å². The largest absolute Gasteiger partial charge is 0.493 e. The number of hydrogen-bond donors (Lipinski definition) is 1. The molecule has 2 heterocycles. The third kappa shape index (κ3) is 6.98. The number of anilines is 1. The molecule has 44 heavy (non-hydrogen) atoms. The fourth-order valence-electron chi connectivity index (χ4n) is 4.70. The number of methoxy groups -OCH3 is 1. The highest BCUT2D eigenvalue weighted by atomic mass is 35.5. The Hall–Kier alpha value is -3.73. The predicted octanol–water partition coefficient (Wildman–Crippen LogP) is 8.24. The van der Waals surface area contributed by atoms with E-state index in [2.05, 4.69) is 5.32 Å². The molecule has 0 spiro atoms. The van der Waals surface area contributed by atoms with Gasteiger partial charge in [-0.1, -0.05) is 78.6 Å². The van der Waals surface area contributed by atoms with Crippen LogP contribution in [-0.4, -0.2) is 34.5 Å². The summed E-state index contributed by atoms with van der Waals surface area (Å²) in [6, 6.07) is 16.7. The summed E-state index contributed by atoms with van der Waals surface area (Å²) in [7, 11) is 1.51. The second kappa shape index (κ2) is 14.4. The van der Waals surface area contributed by atoms with Crippen LogP contribution in [-0.2, 0) is 21.9 Å². The summed E-state index contributed by atoms with van der Waals surface area (Å²) < 4.78 is 33.3. The van der Waals surface area contributed by atoms with Crippen molar-refractivity contribution in [2.24, 2.45) is 0 Å². The number of nitrogens with one attached hydrogen (secondary N) is 1. The number of carbonyl (C=O) groups is 1. The third-order valence-electron chi connectivity index (χ3n) is 7.04. The summed E-state index contributed by atoms with van der Waals surface area (Å²) in [5.41, 5.74) is 2.89. The number of halogens is 3. The van der Waals surface area contributed by atoms with Gasteiger partial charge in [-0.15, -0.1) is 5.10 Å². The van der Waals surface area contributed by atoms with Gasteiger partial charge in [0.2, 0.25) is 11.1 Å². The van der Waals surface area contributed by atoms with Crippen molar-refractivity contribution in [2.75, 3.05) is 19.0 Å². The van der Waals surface area contributed by atoms with Crippen LogP contribution < -0.4 is 14.8 Å². The monoisotopic (exact) mass is 656 g/mol. The number of aromatic nitrogens is 3. The fraction of sp³-hybridized carbons (Fsp3) is 0.281. The summed E-state index contributed by atoms with van der Waals surface area (Å²) in [5.74, 6) is 0.905. The Morgan fingerprint density at radius 3 is 2.64 bits per heavy atom. The van der Waals surface area contributed by atoms with Gasteiger partial charge in [0.1, 0.15) is 18.5 Å². The van der Waals surface area contributed by atoms with E-state index in [9.17, 15) is 9.18 Å². The van der Waals surface area contributed by atoms with Crippen LogP contribution in [0.2, 0.25) is 10.0 Å². The van der Waals surface area contributed by atoms with Gasteiger partial charge >= 0.3 is 5.97 Å². The molecule has 1 aliphatic heterocycles. The number of benzene rings is 3. The van der Waals surface area contributed by atoms with Gasteiger partial charge in [-0.2, -0.15) is 4.98 Å². The number of ether oxygens (including phenoxy) is 3. The topological polar surface area (TPSA) is 87.5 Å². The van der Waals surface area contributed by atoms with Gasteiger partial charge in [0.15, 0.2) is 11.5 Å². The van der Waals surface area contributed by atoms with Crippen molar-refractivity contribution in [2.45, 2.75) is 50.2 Å². The van der Waals surface area contributed by atoms with E-state index >= 15 is 0 Å². The molecule has 1 atom stereocenters. The summed E-state index contributed by atoms with van der Waals surface area (Å²) in [6.07, 6.45) is 1.64. The standard InChI is InChI=1S/C32H31Cl2FN4O4S/c1-4-5-15-42-30(40)28-19(2)36-31-37-32(44-18-21-9-6-7-10-23(21)33)38-39(31)29(28)20-13-14-26(27(16-20)41-3)43-17-22-24(34)11-8-12-25(22)35/h6-14,16,29H,4-5,15,17-18H2,1-3H3,(H,36,37,38). The zero-order chi connectivity index (χ0) is 31.2. The van der Waals surface area contributed by atoms with Crippen molar-refractivity contribution in [3.05, 3.63) is 104 Å². The molecule has 0 bridgehead atoms. The molecule has 1 aromatic heterocycles. The van der Waals surface area contributed by atoms with Crippen molar-refractivity contribution in [1.82, 2.24) is 14.8 Å². The van der Waals surface area contributed by atoms with E-state index < -0.39 is 17.8 Å². The highest BCUT2D eigenvalue weighted by Gasteiger charge is 2.36. The number of allylic oxidation sites excluding steroid dienone is 1. The number of nitrogens with zero attached hydrogens (tertiary/aromatic N) is 3. The summed E-state index contributed by atoms with van der Waals surface area (Å²) in [4.78, 5) is 18.2. The van der Waals surface area contributed by atoms with Crippen molar-refractivity contribution < 1.29 is 23.4 Å². The van der Waals surface area contributed by atoms with E-state index in [1.165, 1.54) is 31.0 Å². The fourth-order valence-corrected chi connectivity index (χ4v) is 6.04. The average molecular weight is 658 g/mol. The molecule has 3 aromatic carbocycles. The maximum Gasteiger partial charge on any atom is 0.338 e. The van der Waals surface area contributed by atoms with E-state index in [0.717, 1.165) is 18.4 Å². The van der Waals surface area contributed by atoms with Crippen LogP contribution in [0.4, 0.5) is 10.3 Å². The first kappa shape index (κ1) is 31.7. The minimum Gasteiger partial charge on any atom is -0.493 e. The Morgan fingerprint density at radius 1 is 1.09 bits per heavy atom. The molecule has 4 aromatic rings. The SMILES string of the molecule is CCCCOC(=O)C1=C(C)Nc2nc(SCc3ccccc3Cl)nn2C1c1ccc(OCc2c(F)cccc2Cl)c(OC)c1. The highest BCUT2D eigenvalue weighted by Crippen LogP contribution is 2.40. The molecule has 5 rings (SSSR count). The van der Waals surface area contributed by atoms with Crippen molar-refractivity contribution in [3.63, 3.8) is 0 Å². The lowest BCUT2D eigenvalue weighted by Crippen LogP contribution is -2.29. The first-order chi connectivity index (χ1) is 21.3. The lowest BCUT2D eigenvalue weighted by Gasteiger charge is -2.28.